The highest BCUT2D eigenvalue weighted by Crippen LogP contribution is 2.14. The minimum Gasteiger partial charge on any atom is -0.471 e. The Morgan fingerprint density at radius 1 is 0.871 bits per heavy atom. The van der Waals surface area contributed by atoms with Gasteiger partial charge in [0.05, 0.1) is 36.5 Å². The molecule has 2 aromatic heterocycles. The van der Waals surface area contributed by atoms with Crippen molar-refractivity contribution in [1.29, 1.82) is 0 Å². The van der Waals surface area contributed by atoms with Crippen molar-refractivity contribution in [2.75, 3.05) is 10.6 Å². The summed E-state index contributed by atoms with van der Waals surface area (Å²) in [4.78, 5) is 0. The van der Waals surface area contributed by atoms with Gasteiger partial charge in [-0.1, -0.05) is 49.4 Å². The zero-order valence-corrected chi connectivity index (χ0v) is 18.0. The topological polar surface area (TPSA) is 68.9 Å². The van der Waals surface area contributed by atoms with Gasteiger partial charge >= 0.3 is 0 Å². The summed E-state index contributed by atoms with van der Waals surface area (Å²) in [6.07, 6.45) is 8.22. The molecule has 4 rings (SSSR count). The molecule has 0 spiro atoms. The van der Waals surface area contributed by atoms with Crippen LogP contribution in [-0.2, 0) is 19.7 Å². The molecule has 0 unspecified atom stereocenters. The number of hydrogen-bond acceptors (Lipinski definition) is 4. The summed E-state index contributed by atoms with van der Waals surface area (Å²) in [6, 6.07) is 18.3. The van der Waals surface area contributed by atoms with Crippen molar-refractivity contribution in [1.82, 2.24) is 19.6 Å². The zero-order valence-electron chi connectivity index (χ0n) is 17.2. The van der Waals surface area contributed by atoms with E-state index in [1.165, 1.54) is 11.1 Å². The molecule has 7 nitrogen and oxygen atoms in total. The van der Waals surface area contributed by atoms with E-state index in [0.29, 0.717) is 18.4 Å². The van der Waals surface area contributed by atoms with Crippen LogP contribution in [0.1, 0.15) is 18.1 Å². The molecule has 0 aliphatic heterocycles. The summed E-state index contributed by atoms with van der Waals surface area (Å²) in [5.41, 5.74) is 4.07. The normalized spacial score (nSPS) is 10.6. The summed E-state index contributed by atoms with van der Waals surface area (Å²) >= 11 is 5.40. The molecule has 4 aromatic rings. The van der Waals surface area contributed by atoms with Crippen LogP contribution < -0.4 is 15.4 Å². The number of hydrogen-bond donors (Lipinski definition) is 2. The Hall–Kier alpha value is -3.65. The average molecular weight is 433 g/mol. The summed E-state index contributed by atoms with van der Waals surface area (Å²) in [5, 5.41) is 15.4. The van der Waals surface area contributed by atoms with Crippen LogP contribution in [0.2, 0.25) is 0 Å². The lowest BCUT2D eigenvalue weighted by atomic mass is 10.2. The Morgan fingerprint density at radius 3 is 2.19 bits per heavy atom. The fourth-order valence-corrected chi connectivity index (χ4v) is 3.27. The maximum absolute atomic E-state index is 5.77. The summed E-state index contributed by atoms with van der Waals surface area (Å²) < 4.78 is 9.34. The fourth-order valence-electron chi connectivity index (χ4n) is 3.04. The van der Waals surface area contributed by atoms with E-state index in [4.69, 9.17) is 17.0 Å². The third-order valence-corrected chi connectivity index (χ3v) is 4.87. The molecule has 2 heterocycles. The molecule has 0 radical (unpaired) electrons. The van der Waals surface area contributed by atoms with Gasteiger partial charge in [0, 0.05) is 6.20 Å². The van der Waals surface area contributed by atoms with Gasteiger partial charge in [0.25, 0.3) is 0 Å². The Bertz CT molecular complexity index is 1120. The molecule has 158 valence electrons. The standard InChI is InChI=1S/C23H24N6OS/c1-2-18-8-10-22(11-9-18)30-17-29-16-21(13-25-29)27-23(31)26-20-12-24-28(15-20)14-19-6-4-3-5-7-19/h3-13,15-16H,2,14,17H2,1H3,(H2,26,27,31). The van der Waals surface area contributed by atoms with Gasteiger partial charge in [0.1, 0.15) is 5.75 Å². The van der Waals surface area contributed by atoms with E-state index in [1.54, 1.807) is 17.1 Å². The Balaban J connectivity index is 1.26. The number of nitrogens with one attached hydrogen (secondary N) is 2. The highest BCUT2D eigenvalue weighted by Gasteiger charge is 2.05. The lowest BCUT2D eigenvalue weighted by molar-refractivity contribution is 0.221. The molecule has 0 atom stereocenters. The highest BCUT2D eigenvalue weighted by atomic mass is 32.1. The van der Waals surface area contributed by atoms with E-state index in [9.17, 15) is 0 Å². The van der Waals surface area contributed by atoms with Crippen LogP contribution in [-0.4, -0.2) is 24.7 Å². The van der Waals surface area contributed by atoms with Crippen LogP contribution in [0.25, 0.3) is 0 Å². The lowest BCUT2D eigenvalue weighted by Gasteiger charge is -2.07. The number of nitrogens with zero attached hydrogens (tertiary/aromatic N) is 4. The number of aryl methyl sites for hydroxylation is 1. The second-order valence-corrected chi connectivity index (χ2v) is 7.44. The van der Waals surface area contributed by atoms with Crippen LogP contribution in [0.15, 0.2) is 79.4 Å². The van der Waals surface area contributed by atoms with E-state index < -0.39 is 0 Å². The maximum Gasteiger partial charge on any atom is 0.180 e. The predicted octanol–water partition coefficient (Wildman–Crippen LogP) is 4.54. The zero-order chi connectivity index (χ0) is 21.5. The van der Waals surface area contributed by atoms with Crippen LogP contribution in [0.4, 0.5) is 11.4 Å². The van der Waals surface area contributed by atoms with Crippen molar-refractivity contribution in [3.8, 4) is 5.75 Å². The van der Waals surface area contributed by atoms with Gasteiger partial charge in [-0.3, -0.25) is 4.68 Å². The van der Waals surface area contributed by atoms with Crippen LogP contribution in [0, 0.1) is 0 Å². The molecule has 0 saturated carbocycles. The molecule has 0 amide bonds. The molecular formula is C23H24N6OS. The molecule has 8 heteroatoms. The number of thiocarbonyl (C=S) groups is 1. The molecule has 0 saturated heterocycles. The summed E-state index contributed by atoms with van der Waals surface area (Å²) in [7, 11) is 0. The van der Waals surface area contributed by atoms with Crippen molar-refractivity contribution >= 4 is 28.7 Å². The van der Waals surface area contributed by atoms with Crippen LogP contribution >= 0.6 is 12.2 Å². The molecule has 0 aliphatic rings. The van der Waals surface area contributed by atoms with Crippen molar-refractivity contribution in [2.45, 2.75) is 26.6 Å². The first-order chi connectivity index (χ1) is 15.2. The molecule has 2 aromatic carbocycles. The van der Waals surface area contributed by atoms with Gasteiger partial charge in [-0.25, -0.2) is 4.68 Å². The van der Waals surface area contributed by atoms with Crippen molar-refractivity contribution < 1.29 is 4.74 Å². The molecule has 0 bridgehead atoms. The predicted molar refractivity (Wildman–Crippen MR) is 126 cm³/mol. The first kappa shape index (κ1) is 20.6. The number of rotatable bonds is 8. The van der Waals surface area contributed by atoms with E-state index in [2.05, 4.69) is 52.0 Å². The molecule has 0 aliphatic carbocycles. The van der Waals surface area contributed by atoms with Gasteiger partial charge in [0.15, 0.2) is 11.8 Å². The molecular weight excluding hydrogens is 408 g/mol. The van der Waals surface area contributed by atoms with E-state index in [0.717, 1.165) is 23.5 Å². The second-order valence-electron chi connectivity index (χ2n) is 7.03. The third-order valence-electron chi connectivity index (χ3n) is 4.66. The molecule has 31 heavy (non-hydrogen) atoms. The first-order valence-corrected chi connectivity index (χ1v) is 10.5. The van der Waals surface area contributed by atoms with E-state index in [-0.39, 0.29) is 0 Å². The van der Waals surface area contributed by atoms with Gasteiger partial charge < -0.3 is 15.4 Å². The van der Waals surface area contributed by atoms with Crippen molar-refractivity contribution in [2.24, 2.45) is 0 Å². The SMILES string of the molecule is CCc1ccc(OCn2cc(NC(=S)Nc3cnn(Cc4ccccc4)c3)cn2)cc1. The number of anilines is 2. The summed E-state index contributed by atoms with van der Waals surface area (Å²) in [5.74, 6) is 0.812. The van der Waals surface area contributed by atoms with Crippen molar-refractivity contribution in [3.63, 3.8) is 0 Å². The lowest BCUT2D eigenvalue weighted by Crippen LogP contribution is -2.18. The minimum absolute atomic E-state index is 0.319. The number of aromatic nitrogens is 4. The average Bonchev–Trinajstić information content (AvgIpc) is 3.42. The van der Waals surface area contributed by atoms with Gasteiger partial charge in [-0.15, -0.1) is 0 Å². The van der Waals surface area contributed by atoms with E-state index >= 15 is 0 Å². The van der Waals surface area contributed by atoms with Crippen LogP contribution in [0.3, 0.4) is 0 Å². The smallest absolute Gasteiger partial charge is 0.180 e. The second kappa shape index (κ2) is 9.90. The first-order valence-electron chi connectivity index (χ1n) is 10.1. The maximum atomic E-state index is 5.77. The Morgan fingerprint density at radius 2 is 1.52 bits per heavy atom. The molecule has 0 fully saturated rings. The van der Waals surface area contributed by atoms with Crippen LogP contribution in [0.5, 0.6) is 5.75 Å². The van der Waals surface area contributed by atoms with Crippen molar-refractivity contribution in [3.05, 3.63) is 90.5 Å². The quantitative estimate of drug-likeness (QED) is 0.399. The third kappa shape index (κ3) is 5.93. The monoisotopic (exact) mass is 432 g/mol. The number of ether oxygens (including phenoxy) is 1. The Labute approximate surface area is 186 Å². The number of benzene rings is 2. The highest BCUT2D eigenvalue weighted by molar-refractivity contribution is 7.80. The van der Waals surface area contributed by atoms with Gasteiger partial charge in [-0.05, 0) is 41.9 Å². The largest absolute Gasteiger partial charge is 0.471 e. The summed E-state index contributed by atoms with van der Waals surface area (Å²) in [6.45, 7) is 3.15. The van der Waals surface area contributed by atoms with Gasteiger partial charge in [0.2, 0.25) is 0 Å². The molecule has 2 N–H and O–H groups in total. The minimum atomic E-state index is 0.319. The Kier molecular flexibility index (Phi) is 6.59. The fraction of sp³-hybridized carbons (Fsp3) is 0.174. The van der Waals surface area contributed by atoms with Gasteiger partial charge in [-0.2, -0.15) is 10.2 Å². The van der Waals surface area contributed by atoms with E-state index in [1.807, 2.05) is 47.4 Å².